The zero-order valence-corrected chi connectivity index (χ0v) is 24.0. The van der Waals surface area contributed by atoms with E-state index < -0.39 is 0 Å². The molecule has 8 heteroatoms. The Balaban J connectivity index is 1.43. The third-order valence-electron chi connectivity index (χ3n) is 7.24. The van der Waals surface area contributed by atoms with E-state index in [0.717, 1.165) is 29.9 Å². The maximum atomic E-state index is 13.9. The molecule has 5 rings (SSSR count). The number of thioether (sulfide) groups is 1. The molecule has 1 aromatic heterocycles. The van der Waals surface area contributed by atoms with E-state index in [1.807, 2.05) is 74.5 Å². The average Bonchev–Trinajstić information content (AvgIpc) is 3.00. The summed E-state index contributed by atoms with van der Waals surface area (Å²) in [6.45, 7) is 7.93. The predicted molar refractivity (Wildman–Crippen MR) is 162 cm³/mol. The molecule has 40 heavy (non-hydrogen) atoms. The number of hydrogen-bond acceptors (Lipinski definition) is 6. The largest absolute Gasteiger partial charge is 0.378 e. The van der Waals surface area contributed by atoms with E-state index in [2.05, 4.69) is 22.3 Å². The molecule has 1 fully saturated rings. The van der Waals surface area contributed by atoms with Crippen molar-refractivity contribution in [3.05, 3.63) is 99.8 Å². The Hall–Kier alpha value is -3.62. The number of rotatable bonds is 10. The van der Waals surface area contributed by atoms with E-state index in [9.17, 15) is 9.59 Å². The molecule has 0 saturated carbocycles. The molecule has 0 aliphatic carbocycles. The molecule has 208 valence electrons. The molecule has 1 aliphatic rings. The molecule has 4 aromatic rings. The zero-order chi connectivity index (χ0) is 27.9. The second kappa shape index (κ2) is 13.2. The first-order valence-electron chi connectivity index (χ1n) is 13.9. The van der Waals surface area contributed by atoms with Gasteiger partial charge in [0.05, 0.1) is 29.4 Å². The van der Waals surface area contributed by atoms with Crippen LogP contribution in [-0.2, 0) is 29.0 Å². The maximum Gasteiger partial charge on any atom is 0.262 e. The molecule has 0 bridgehead atoms. The van der Waals surface area contributed by atoms with Gasteiger partial charge in [-0.2, -0.15) is 0 Å². The molecule has 3 aromatic carbocycles. The summed E-state index contributed by atoms with van der Waals surface area (Å²) in [5.74, 6) is -0.0558. The van der Waals surface area contributed by atoms with Crippen molar-refractivity contribution in [2.45, 2.75) is 50.2 Å². The Morgan fingerprint density at radius 1 is 1.02 bits per heavy atom. The average molecular weight is 557 g/mol. The minimum atomic E-state index is -0.370. The minimum Gasteiger partial charge on any atom is -0.378 e. The normalized spacial score (nSPS) is 14.3. The van der Waals surface area contributed by atoms with Crippen LogP contribution in [0.1, 0.15) is 30.0 Å². The fourth-order valence-electron chi connectivity index (χ4n) is 4.84. The Bertz CT molecular complexity index is 1500. The molecule has 0 unspecified atom stereocenters. The Morgan fingerprint density at radius 2 is 1.77 bits per heavy atom. The lowest BCUT2D eigenvalue weighted by atomic mass is 10.1. The number of carbonyl (C=O) groups is 1. The van der Waals surface area contributed by atoms with E-state index >= 15 is 0 Å². The Kier molecular flexibility index (Phi) is 9.19. The van der Waals surface area contributed by atoms with Gasteiger partial charge in [0.15, 0.2) is 5.16 Å². The van der Waals surface area contributed by atoms with Crippen LogP contribution in [-0.4, -0.2) is 47.0 Å². The van der Waals surface area contributed by atoms with Crippen LogP contribution in [0.15, 0.2) is 82.7 Å². The highest BCUT2D eigenvalue weighted by atomic mass is 32.2. The third-order valence-corrected chi connectivity index (χ3v) is 8.60. The van der Waals surface area contributed by atoms with Gasteiger partial charge in [-0.05, 0) is 49.1 Å². The van der Waals surface area contributed by atoms with Crippen molar-refractivity contribution in [1.82, 2.24) is 14.9 Å². The second-order valence-electron chi connectivity index (χ2n) is 10.1. The SMILES string of the molecule is CC[C@H](Sc1nc2ccc(N3CCOCC3)cc2c(=O)n1CCc1ccccc1)C(=O)NCc1ccc(C)cc1. The van der Waals surface area contributed by atoms with Crippen LogP contribution in [0.5, 0.6) is 0 Å². The molecular weight excluding hydrogens is 520 g/mol. The summed E-state index contributed by atoms with van der Waals surface area (Å²) in [6, 6.07) is 24.2. The van der Waals surface area contributed by atoms with E-state index in [1.54, 1.807) is 4.57 Å². The molecule has 1 atom stereocenters. The number of benzene rings is 3. The van der Waals surface area contributed by atoms with E-state index in [1.165, 1.54) is 17.3 Å². The Labute approximate surface area is 239 Å². The summed E-state index contributed by atoms with van der Waals surface area (Å²) in [5.41, 5.74) is 4.97. The van der Waals surface area contributed by atoms with Gasteiger partial charge in [0.2, 0.25) is 5.91 Å². The highest BCUT2D eigenvalue weighted by Gasteiger charge is 2.22. The van der Waals surface area contributed by atoms with Gasteiger partial charge in [-0.3, -0.25) is 14.2 Å². The number of nitrogens with one attached hydrogen (secondary N) is 1. The monoisotopic (exact) mass is 556 g/mol. The minimum absolute atomic E-state index is 0.0558. The summed E-state index contributed by atoms with van der Waals surface area (Å²) in [5, 5.41) is 3.87. The predicted octanol–water partition coefficient (Wildman–Crippen LogP) is 4.97. The van der Waals surface area contributed by atoms with Gasteiger partial charge in [-0.1, -0.05) is 78.8 Å². The highest BCUT2D eigenvalue weighted by Crippen LogP contribution is 2.27. The van der Waals surface area contributed by atoms with Crippen molar-refractivity contribution in [3.8, 4) is 0 Å². The molecule has 1 aliphatic heterocycles. The number of hydrogen-bond donors (Lipinski definition) is 1. The van der Waals surface area contributed by atoms with Crippen LogP contribution in [0, 0.1) is 6.92 Å². The van der Waals surface area contributed by atoms with Crippen molar-refractivity contribution in [2.24, 2.45) is 0 Å². The van der Waals surface area contributed by atoms with Crippen molar-refractivity contribution in [1.29, 1.82) is 0 Å². The first kappa shape index (κ1) is 27.9. The van der Waals surface area contributed by atoms with Crippen molar-refractivity contribution >= 4 is 34.3 Å². The van der Waals surface area contributed by atoms with Gasteiger partial charge in [-0.25, -0.2) is 4.98 Å². The maximum absolute atomic E-state index is 13.9. The number of nitrogens with zero attached hydrogens (tertiary/aromatic N) is 3. The fourth-order valence-corrected chi connectivity index (χ4v) is 5.90. The van der Waals surface area contributed by atoms with Crippen LogP contribution in [0.4, 0.5) is 5.69 Å². The van der Waals surface area contributed by atoms with Gasteiger partial charge in [0.25, 0.3) is 5.56 Å². The molecule has 1 amide bonds. The lowest BCUT2D eigenvalue weighted by Gasteiger charge is -2.29. The smallest absolute Gasteiger partial charge is 0.262 e. The quantitative estimate of drug-likeness (QED) is 0.220. The summed E-state index contributed by atoms with van der Waals surface area (Å²) in [6.07, 6.45) is 1.31. The third kappa shape index (κ3) is 6.74. The first-order chi connectivity index (χ1) is 19.5. The Morgan fingerprint density at radius 3 is 2.50 bits per heavy atom. The molecule has 1 N–H and O–H groups in total. The molecule has 0 spiro atoms. The van der Waals surface area contributed by atoms with Gasteiger partial charge in [-0.15, -0.1) is 0 Å². The van der Waals surface area contributed by atoms with Crippen LogP contribution < -0.4 is 15.8 Å². The lowest BCUT2D eigenvalue weighted by Crippen LogP contribution is -2.36. The standard InChI is InChI=1S/C32H36N4O3S/c1-3-29(30(37)33-22-25-11-9-23(2)10-12-25)40-32-34-28-14-13-26(35-17-19-39-20-18-35)21-27(28)31(38)36(32)16-15-24-7-5-4-6-8-24/h4-14,21,29H,3,15-20,22H2,1-2H3,(H,33,37)/t29-/m0/s1. The van der Waals surface area contributed by atoms with E-state index in [-0.39, 0.29) is 16.7 Å². The fraction of sp³-hybridized carbons (Fsp3) is 0.344. The summed E-state index contributed by atoms with van der Waals surface area (Å²) in [7, 11) is 0. The van der Waals surface area contributed by atoms with Crippen LogP contribution in [0.25, 0.3) is 10.9 Å². The van der Waals surface area contributed by atoms with Crippen LogP contribution in [0.3, 0.4) is 0 Å². The highest BCUT2D eigenvalue weighted by molar-refractivity contribution is 8.00. The van der Waals surface area contributed by atoms with Crippen molar-refractivity contribution in [3.63, 3.8) is 0 Å². The molecule has 1 saturated heterocycles. The second-order valence-corrected chi connectivity index (χ2v) is 11.3. The summed E-state index contributed by atoms with van der Waals surface area (Å²) >= 11 is 1.37. The van der Waals surface area contributed by atoms with Crippen LogP contribution in [0.2, 0.25) is 0 Å². The molecule has 7 nitrogen and oxygen atoms in total. The van der Waals surface area contributed by atoms with Crippen molar-refractivity contribution in [2.75, 3.05) is 31.2 Å². The van der Waals surface area contributed by atoms with Gasteiger partial charge < -0.3 is 15.0 Å². The number of aromatic nitrogens is 2. The van der Waals surface area contributed by atoms with Gasteiger partial charge >= 0.3 is 0 Å². The topological polar surface area (TPSA) is 76.5 Å². The van der Waals surface area contributed by atoms with Crippen molar-refractivity contribution < 1.29 is 9.53 Å². The van der Waals surface area contributed by atoms with E-state index in [4.69, 9.17) is 9.72 Å². The van der Waals surface area contributed by atoms with Gasteiger partial charge in [0.1, 0.15) is 0 Å². The molecule has 0 radical (unpaired) electrons. The van der Waals surface area contributed by atoms with Gasteiger partial charge in [0, 0.05) is 31.9 Å². The number of anilines is 1. The summed E-state index contributed by atoms with van der Waals surface area (Å²) < 4.78 is 7.25. The number of ether oxygens (including phenoxy) is 1. The van der Waals surface area contributed by atoms with E-state index in [0.29, 0.717) is 55.2 Å². The number of aryl methyl sites for hydroxylation is 2. The molecular formula is C32H36N4O3S. The molecule has 2 heterocycles. The number of carbonyl (C=O) groups excluding carboxylic acids is 1. The number of fused-ring (bicyclic) bond motifs is 1. The number of morpholine rings is 1. The number of amides is 1. The van der Waals surface area contributed by atoms with Crippen LogP contribution >= 0.6 is 11.8 Å². The summed E-state index contributed by atoms with van der Waals surface area (Å²) in [4.78, 5) is 34.3. The lowest BCUT2D eigenvalue weighted by molar-refractivity contribution is -0.120. The zero-order valence-electron chi connectivity index (χ0n) is 23.1. The first-order valence-corrected chi connectivity index (χ1v) is 14.8.